The van der Waals surface area contributed by atoms with Crippen LogP contribution >= 0.6 is 0 Å². The Hall–Kier alpha value is -4.98. The SMILES string of the molecule is NC(=O)CCNC(=O)c1ccccc1NC(=O)/C=C/c1cn(Cc2ccccc2)nc1-c1ccccc1. The molecule has 0 fully saturated rings. The summed E-state index contributed by atoms with van der Waals surface area (Å²) in [6.07, 6.45) is 5.06. The molecule has 3 aromatic carbocycles. The van der Waals surface area contributed by atoms with Crippen LogP contribution in [-0.2, 0) is 16.1 Å². The minimum Gasteiger partial charge on any atom is -0.370 e. The Morgan fingerprint density at radius 3 is 2.30 bits per heavy atom. The smallest absolute Gasteiger partial charge is 0.253 e. The first-order chi connectivity index (χ1) is 18.0. The van der Waals surface area contributed by atoms with Gasteiger partial charge in [-0.25, -0.2) is 0 Å². The van der Waals surface area contributed by atoms with Crippen LogP contribution in [0.2, 0.25) is 0 Å². The molecule has 8 heteroatoms. The van der Waals surface area contributed by atoms with Crippen molar-refractivity contribution in [2.45, 2.75) is 13.0 Å². The number of hydrogen-bond acceptors (Lipinski definition) is 4. The zero-order chi connectivity index (χ0) is 26.0. The van der Waals surface area contributed by atoms with Crippen LogP contribution in [0.4, 0.5) is 5.69 Å². The molecule has 0 unspecified atom stereocenters. The number of nitrogens with one attached hydrogen (secondary N) is 2. The van der Waals surface area contributed by atoms with Gasteiger partial charge < -0.3 is 16.4 Å². The molecule has 1 aromatic heterocycles. The van der Waals surface area contributed by atoms with E-state index in [1.165, 1.54) is 6.08 Å². The average molecular weight is 494 g/mol. The molecule has 0 atom stereocenters. The fraction of sp³-hybridized carbons (Fsp3) is 0.103. The van der Waals surface area contributed by atoms with Crippen molar-refractivity contribution in [1.29, 1.82) is 0 Å². The number of hydrogen-bond donors (Lipinski definition) is 3. The van der Waals surface area contributed by atoms with E-state index in [1.54, 1.807) is 30.3 Å². The molecule has 1 heterocycles. The van der Waals surface area contributed by atoms with Gasteiger partial charge in [0.2, 0.25) is 11.8 Å². The highest BCUT2D eigenvalue weighted by Gasteiger charge is 2.13. The first-order valence-corrected chi connectivity index (χ1v) is 11.8. The number of carbonyl (C=O) groups excluding carboxylic acids is 3. The first-order valence-electron chi connectivity index (χ1n) is 11.8. The Bertz CT molecular complexity index is 1410. The van der Waals surface area contributed by atoms with Crippen LogP contribution in [-0.4, -0.2) is 34.0 Å². The van der Waals surface area contributed by atoms with Gasteiger partial charge in [0, 0.05) is 36.4 Å². The highest BCUT2D eigenvalue weighted by Crippen LogP contribution is 2.24. The van der Waals surface area contributed by atoms with Gasteiger partial charge >= 0.3 is 0 Å². The summed E-state index contributed by atoms with van der Waals surface area (Å²) in [6, 6.07) is 26.4. The summed E-state index contributed by atoms with van der Waals surface area (Å²) >= 11 is 0. The van der Waals surface area contributed by atoms with Gasteiger partial charge in [0.15, 0.2) is 0 Å². The molecular weight excluding hydrogens is 466 g/mol. The summed E-state index contributed by atoms with van der Waals surface area (Å²) in [5, 5.41) is 10.2. The van der Waals surface area contributed by atoms with E-state index in [9.17, 15) is 14.4 Å². The van der Waals surface area contributed by atoms with Gasteiger partial charge in [-0.2, -0.15) is 5.10 Å². The van der Waals surface area contributed by atoms with E-state index >= 15 is 0 Å². The van der Waals surface area contributed by atoms with E-state index < -0.39 is 17.7 Å². The summed E-state index contributed by atoms with van der Waals surface area (Å²) < 4.78 is 1.85. The molecule has 0 aliphatic carbocycles. The number of primary amides is 1. The molecule has 0 radical (unpaired) electrons. The molecule has 8 nitrogen and oxygen atoms in total. The van der Waals surface area contributed by atoms with Crippen LogP contribution in [0.5, 0.6) is 0 Å². The van der Waals surface area contributed by atoms with E-state index in [2.05, 4.69) is 10.6 Å². The van der Waals surface area contributed by atoms with Gasteiger partial charge in [0.1, 0.15) is 0 Å². The summed E-state index contributed by atoms with van der Waals surface area (Å²) in [6.45, 7) is 0.713. The zero-order valence-electron chi connectivity index (χ0n) is 20.1. The number of para-hydroxylation sites is 1. The Balaban J connectivity index is 1.52. The van der Waals surface area contributed by atoms with Crippen molar-refractivity contribution in [3.63, 3.8) is 0 Å². The Morgan fingerprint density at radius 2 is 1.57 bits per heavy atom. The second kappa shape index (κ2) is 12.1. The lowest BCUT2D eigenvalue weighted by Gasteiger charge is -2.10. The number of benzene rings is 3. The largest absolute Gasteiger partial charge is 0.370 e. The standard InChI is InChI=1S/C29H27N5O3/c30-26(35)17-18-31-29(37)24-13-7-8-14-25(24)32-27(36)16-15-23-20-34(19-21-9-3-1-4-10-21)33-28(23)22-11-5-2-6-12-22/h1-16,20H,17-19H2,(H2,30,35)(H,31,37)(H,32,36)/b16-15+. The van der Waals surface area contributed by atoms with Gasteiger partial charge in [-0.1, -0.05) is 72.8 Å². The highest BCUT2D eigenvalue weighted by atomic mass is 16.2. The molecule has 4 aromatic rings. The van der Waals surface area contributed by atoms with Crippen molar-refractivity contribution in [2.24, 2.45) is 5.73 Å². The van der Waals surface area contributed by atoms with Crippen LogP contribution in [0, 0.1) is 0 Å². The zero-order valence-corrected chi connectivity index (χ0v) is 20.1. The molecule has 0 saturated heterocycles. The van der Waals surface area contributed by atoms with Crippen molar-refractivity contribution in [1.82, 2.24) is 15.1 Å². The monoisotopic (exact) mass is 493 g/mol. The van der Waals surface area contributed by atoms with E-state index in [0.717, 1.165) is 22.4 Å². The van der Waals surface area contributed by atoms with Crippen LogP contribution in [0.15, 0.2) is 97.2 Å². The second-order valence-corrected chi connectivity index (χ2v) is 8.32. The van der Waals surface area contributed by atoms with Crippen molar-refractivity contribution < 1.29 is 14.4 Å². The third kappa shape index (κ3) is 7.02. The molecule has 4 rings (SSSR count). The fourth-order valence-corrected chi connectivity index (χ4v) is 3.76. The van der Waals surface area contributed by atoms with E-state index in [0.29, 0.717) is 12.2 Å². The van der Waals surface area contributed by atoms with Crippen molar-refractivity contribution in [2.75, 3.05) is 11.9 Å². The maximum absolute atomic E-state index is 12.8. The second-order valence-electron chi connectivity index (χ2n) is 8.32. The number of aromatic nitrogens is 2. The summed E-state index contributed by atoms with van der Waals surface area (Å²) in [5.41, 5.74) is 9.36. The highest BCUT2D eigenvalue weighted by molar-refractivity contribution is 6.07. The number of amides is 3. The molecule has 37 heavy (non-hydrogen) atoms. The topological polar surface area (TPSA) is 119 Å². The van der Waals surface area contributed by atoms with Crippen LogP contribution < -0.4 is 16.4 Å². The summed E-state index contributed by atoms with van der Waals surface area (Å²) in [5.74, 6) is -1.31. The Kier molecular flexibility index (Phi) is 8.23. The van der Waals surface area contributed by atoms with E-state index in [1.807, 2.05) is 71.5 Å². The molecule has 0 aliphatic rings. The predicted molar refractivity (Wildman–Crippen MR) is 143 cm³/mol. The van der Waals surface area contributed by atoms with Gasteiger partial charge in [-0.3, -0.25) is 19.1 Å². The molecule has 0 aliphatic heterocycles. The number of rotatable bonds is 10. The van der Waals surface area contributed by atoms with Crippen LogP contribution in [0.3, 0.4) is 0 Å². The Morgan fingerprint density at radius 1 is 0.892 bits per heavy atom. The van der Waals surface area contributed by atoms with Crippen LogP contribution in [0.1, 0.15) is 27.9 Å². The number of carbonyl (C=O) groups is 3. The summed E-state index contributed by atoms with van der Waals surface area (Å²) in [7, 11) is 0. The van der Waals surface area contributed by atoms with Gasteiger partial charge in [0.05, 0.1) is 23.5 Å². The van der Waals surface area contributed by atoms with Gasteiger partial charge in [0.25, 0.3) is 5.91 Å². The molecule has 0 spiro atoms. The first kappa shape index (κ1) is 25.1. The van der Waals surface area contributed by atoms with E-state index in [4.69, 9.17) is 10.8 Å². The minimum absolute atomic E-state index is 0.0324. The quantitative estimate of drug-likeness (QED) is 0.291. The van der Waals surface area contributed by atoms with Crippen molar-refractivity contribution >= 4 is 29.5 Å². The van der Waals surface area contributed by atoms with Crippen molar-refractivity contribution in [3.8, 4) is 11.3 Å². The predicted octanol–water partition coefficient (Wildman–Crippen LogP) is 3.86. The maximum atomic E-state index is 12.8. The fourth-order valence-electron chi connectivity index (χ4n) is 3.76. The minimum atomic E-state index is -0.506. The number of nitrogens with two attached hydrogens (primary N) is 1. The molecule has 186 valence electrons. The third-order valence-electron chi connectivity index (χ3n) is 5.53. The van der Waals surface area contributed by atoms with E-state index in [-0.39, 0.29) is 18.5 Å². The Labute approximate surface area is 214 Å². The lowest BCUT2D eigenvalue weighted by Crippen LogP contribution is -2.28. The van der Waals surface area contributed by atoms with Crippen molar-refractivity contribution in [3.05, 3.63) is 114 Å². The normalized spacial score (nSPS) is 10.8. The van der Waals surface area contributed by atoms with Crippen LogP contribution in [0.25, 0.3) is 17.3 Å². The number of nitrogens with zero attached hydrogens (tertiary/aromatic N) is 2. The number of anilines is 1. The van der Waals surface area contributed by atoms with Gasteiger partial charge in [-0.15, -0.1) is 0 Å². The molecule has 0 bridgehead atoms. The maximum Gasteiger partial charge on any atom is 0.253 e. The molecular formula is C29H27N5O3. The third-order valence-corrected chi connectivity index (χ3v) is 5.53. The van der Waals surface area contributed by atoms with Gasteiger partial charge in [-0.05, 0) is 23.8 Å². The lowest BCUT2D eigenvalue weighted by atomic mass is 10.1. The average Bonchev–Trinajstić information content (AvgIpc) is 3.31. The lowest BCUT2D eigenvalue weighted by molar-refractivity contribution is -0.118. The molecule has 0 saturated carbocycles. The summed E-state index contributed by atoms with van der Waals surface area (Å²) in [4.78, 5) is 36.2. The molecule has 4 N–H and O–H groups in total. The molecule has 3 amide bonds.